The number of nitrogens with zero attached hydrogens (tertiary/aromatic N) is 2. The number of piperidine rings is 1. The lowest BCUT2D eigenvalue weighted by atomic mass is 9.85. The third-order valence-corrected chi connectivity index (χ3v) is 9.10. The zero-order valence-corrected chi connectivity index (χ0v) is 23.7. The zero-order chi connectivity index (χ0) is 29.1. The molecule has 42 heavy (non-hydrogen) atoms. The smallest absolute Gasteiger partial charge is 0.408 e. The molecule has 6 rings (SSSR count). The van der Waals surface area contributed by atoms with E-state index in [-0.39, 0.29) is 30.9 Å². The van der Waals surface area contributed by atoms with Gasteiger partial charge < -0.3 is 20.1 Å². The molecule has 0 radical (unpaired) electrons. The van der Waals surface area contributed by atoms with Gasteiger partial charge in [0.25, 0.3) is 0 Å². The van der Waals surface area contributed by atoms with Crippen molar-refractivity contribution in [1.82, 2.24) is 15.1 Å². The second-order valence-corrected chi connectivity index (χ2v) is 11.7. The Bertz CT molecular complexity index is 1400. The average molecular weight is 568 g/mol. The Labute approximate surface area is 246 Å². The number of carbonyl (C=O) groups excluding carboxylic acids is 2. The van der Waals surface area contributed by atoms with Gasteiger partial charge in [-0.05, 0) is 53.5 Å². The highest BCUT2D eigenvalue weighted by Crippen LogP contribution is 2.44. The third-order valence-electron chi connectivity index (χ3n) is 9.10. The lowest BCUT2D eigenvalue weighted by Crippen LogP contribution is -2.64. The summed E-state index contributed by atoms with van der Waals surface area (Å²) in [7, 11) is 0. The Morgan fingerprint density at radius 2 is 1.48 bits per heavy atom. The van der Waals surface area contributed by atoms with Gasteiger partial charge >= 0.3 is 12.1 Å². The highest BCUT2D eigenvalue weighted by atomic mass is 16.5. The summed E-state index contributed by atoms with van der Waals surface area (Å²) in [5.41, 5.74) is 4.61. The van der Waals surface area contributed by atoms with Crippen LogP contribution in [0.1, 0.15) is 54.7 Å². The molecule has 8 nitrogen and oxygen atoms in total. The second kappa shape index (κ2) is 12.0. The van der Waals surface area contributed by atoms with E-state index in [1.54, 1.807) is 4.90 Å². The minimum absolute atomic E-state index is 0.0824. The number of likely N-dealkylation sites (tertiary alicyclic amines) is 2. The molecular formula is C34H37N3O5. The molecule has 1 unspecified atom stereocenters. The monoisotopic (exact) mass is 567 g/mol. The van der Waals surface area contributed by atoms with Crippen LogP contribution < -0.4 is 5.32 Å². The van der Waals surface area contributed by atoms with Crippen molar-refractivity contribution in [3.63, 3.8) is 0 Å². The first-order chi connectivity index (χ1) is 20.4. The number of amides is 2. The number of carboxylic acids is 1. The normalized spacial score (nSPS) is 19.6. The van der Waals surface area contributed by atoms with Gasteiger partial charge in [0.15, 0.2) is 0 Å². The van der Waals surface area contributed by atoms with Gasteiger partial charge in [-0.25, -0.2) is 4.79 Å². The van der Waals surface area contributed by atoms with E-state index in [0.717, 1.165) is 35.2 Å². The van der Waals surface area contributed by atoms with E-state index in [1.165, 1.54) is 5.56 Å². The van der Waals surface area contributed by atoms with Crippen molar-refractivity contribution in [2.45, 2.75) is 56.1 Å². The van der Waals surface area contributed by atoms with Crippen molar-refractivity contribution in [2.24, 2.45) is 0 Å². The van der Waals surface area contributed by atoms with Gasteiger partial charge in [0.05, 0.1) is 6.42 Å². The predicted octanol–water partition coefficient (Wildman–Crippen LogP) is 5.03. The molecule has 2 saturated heterocycles. The number of aliphatic carboxylic acids is 1. The summed E-state index contributed by atoms with van der Waals surface area (Å²) in [5, 5.41) is 12.5. The van der Waals surface area contributed by atoms with E-state index in [2.05, 4.69) is 46.6 Å². The van der Waals surface area contributed by atoms with Gasteiger partial charge in [0.2, 0.25) is 5.91 Å². The quantitative estimate of drug-likeness (QED) is 0.396. The minimum atomic E-state index is -1.14. The molecule has 218 valence electrons. The maximum Gasteiger partial charge on any atom is 0.408 e. The molecule has 2 heterocycles. The standard InChI is InChI=1S/C34H37N3O5/c38-31(39)21-25-11-8-18-37(25)32(40)34(16-19-36(20-17-34)22-24-9-2-1-3-10-24)35-33(41)42-23-30-28-14-6-4-12-26(28)27-13-5-7-15-29(27)30/h1-7,9-10,12-15,25,30H,8,11,16-23H2,(H,35,41)(H,38,39). The Kier molecular flexibility index (Phi) is 7.98. The van der Waals surface area contributed by atoms with E-state index < -0.39 is 17.6 Å². The second-order valence-electron chi connectivity index (χ2n) is 11.7. The van der Waals surface area contributed by atoms with Gasteiger partial charge in [0.1, 0.15) is 12.1 Å². The van der Waals surface area contributed by atoms with Gasteiger partial charge in [-0.15, -0.1) is 0 Å². The summed E-state index contributed by atoms with van der Waals surface area (Å²) in [6.07, 6.45) is 1.56. The van der Waals surface area contributed by atoms with Crippen LogP contribution in [0.4, 0.5) is 4.79 Å². The van der Waals surface area contributed by atoms with Gasteiger partial charge in [-0.3, -0.25) is 14.5 Å². The highest BCUT2D eigenvalue weighted by Gasteiger charge is 2.48. The largest absolute Gasteiger partial charge is 0.481 e. The Morgan fingerprint density at radius 3 is 2.12 bits per heavy atom. The van der Waals surface area contributed by atoms with E-state index in [0.29, 0.717) is 38.9 Å². The molecule has 2 N–H and O–H groups in total. The van der Waals surface area contributed by atoms with Crippen molar-refractivity contribution in [1.29, 1.82) is 0 Å². The third kappa shape index (κ3) is 5.63. The number of hydrogen-bond acceptors (Lipinski definition) is 5. The Hall–Kier alpha value is -4.17. The van der Waals surface area contributed by atoms with Crippen LogP contribution in [0.5, 0.6) is 0 Å². The van der Waals surface area contributed by atoms with Crippen molar-refractivity contribution in [3.8, 4) is 11.1 Å². The first kappa shape index (κ1) is 28.0. The van der Waals surface area contributed by atoms with Crippen LogP contribution in [0, 0.1) is 0 Å². The topological polar surface area (TPSA) is 99.2 Å². The molecule has 1 aliphatic carbocycles. The molecular weight excluding hydrogens is 530 g/mol. The number of ether oxygens (including phenoxy) is 1. The molecule has 2 fully saturated rings. The lowest BCUT2D eigenvalue weighted by molar-refractivity contribution is -0.144. The zero-order valence-electron chi connectivity index (χ0n) is 23.7. The number of benzene rings is 3. The molecule has 3 aliphatic rings. The fourth-order valence-electron chi connectivity index (χ4n) is 6.95. The number of carboxylic acid groups (broad SMARTS) is 1. The molecule has 0 bridgehead atoms. The van der Waals surface area contributed by atoms with Crippen molar-refractivity contribution < 1.29 is 24.2 Å². The number of rotatable bonds is 8. The fraction of sp³-hybridized carbons (Fsp3) is 0.382. The van der Waals surface area contributed by atoms with Crippen LogP contribution >= 0.6 is 0 Å². The van der Waals surface area contributed by atoms with Crippen molar-refractivity contribution in [2.75, 3.05) is 26.2 Å². The maximum atomic E-state index is 14.1. The van der Waals surface area contributed by atoms with E-state index in [1.807, 2.05) is 42.5 Å². The SMILES string of the molecule is O=C(O)CC1CCCN1C(=O)C1(NC(=O)OCC2c3ccccc3-c3ccccc32)CCN(Cc2ccccc2)CC1. The summed E-state index contributed by atoms with van der Waals surface area (Å²) in [4.78, 5) is 43.1. The predicted molar refractivity (Wildman–Crippen MR) is 159 cm³/mol. The summed E-state index contributed by atoms with van der Waals surface area (Å²) < 4.78 is 5.87. The molecule has 2 amide bonds. The van der Waals surface area contributed by atoms with Crippen LogP contribution in [0.15, 0.2) is 78.9 Å². The fourth-order valence-corrected chi connectivity index (χ4v) is 6.95. The first-order valence-electron chi connectivity index (χ1n) is 14.9. The highest BCUT2D eigenvalue weighted by molar-refractivity contribution is 5.91. The molecule has 2 aliphatic heterocycles. The van der Waals surface area contributed by atoms with Gasteiger partial charge in [-0.2, -0.15) is 0 Å². The first-order valence-corrected chi connectivity index (χ1v) is 14.9. The lowest BCUT2D eigenvalue weighted by Gasteiger charge is -2.43. The summed E-state index contributed by atoms with van der Waals surface area (Å²) in [6.45, 7) is 2.68. The minimum Gasteiger partial charge on any atom is -0.481 e. The number of fused-ring (bicyclic) bond motifs is 3. The van der Waals surface area contributed by atoms with E-state index >= 15 is 0 Å². The number of hydrogen-bond donors (Lipinski definition) is 2. The van der Waals surface area contributed by atoms with E-state index in [9.17, 15) is 19.5 Å². The van der Waals surface area contributed by atoms with Gasteiger partial charge in [0, 0.05) is 38.1 Å². The Balaban J connectivity index is 1.18. The van der Waals surface area contributed by atoms with Crippen LogP contribution in [0.2, 0.25) is 0 Å². The summed E-state index contributed by atoms with van der Waals surface area (Å²) in [5.74, 6) is -1.20. The Morgan fingerprint density at radius 1 is 0.857 bits per heavy atom. The molecule has 8 heteroatoms. The maximum absolute atomic E-state index is 14.1. The molecule has 0 aromatic heterocycles. The van der Waals surface area contributed by atoms with Gasteiger partial charge in [-0.1, -0.05) is 78.9 Å². The summed E-state index contributed by atoms with van der Waals surface area (Å²) >= 11 is 0. The number of carbonyl (C=O) groups is 3. The van der Waals surface area contributed by atoms with Crippen LogP contribution in [-0.4, -0.2) is 70.7 Å². The van der Waals surface area contributed by atoms with Crippen LogP contribution in [0.3, 0.4) is 0 Å². The molecule has 0 spiro atoms. The van der Waals surface area contributed by atoms with Crippen molar-refractivity contribution >= 4 is 18.0 Å². The number of alkyl carbamates (subject to hydrolysis) is 1. The van der Waals surface area contributed by atoms with Crippen LogP contribution in [-0.2, 0) is 20.9 Å². The van der Waals surface area contributed by atoms with Crippen LogP contribution in [0.25, 0.3) is 11.1 Å². The molecule has 3 aromatic carbocycles. The van der Waals surface area contributed by atoms with E-state index in [4.69, 9.17) is 4.74 Å². The molecule has 0 saturated carbocycles. The number of nitrogens with one attached hydrogen (secondary N) is 1. The van der Waals surface area contributed by atoms with Crippen molar-refractivity contribution in [3.05, 3.63) is 95.6 Å². The average Bonchev–Trinajstić information content (AvgIpc) is 3.59. The molecule has 1 atom stereocenters. The molecule has 3 aromatic rings. The summed E-state index contributed by atoms with van der Waals surface area (Å²) in [6, 6.07) is 26.2.